The molecule has 5 heteroatoms. The first-order valence-electron chi connectivity index (χ1n) is 10.4. The fraction of sp³-hybridized carbons (Fsp3) is 0.192. The molecule has 1 unspecified atom stereocenters. The molecule has 5 rings (SSSR count). The van der Waals surface area contributed by atoms with Gasteiger partial charge in [-0.3, -0.25) is 19.8 Å². The van der Waals surface area contributed by atoms with Gasteiger partial charge in [0.05, 0.1) is 6.04 Å². The third kappa shape index (κ3) is 3.22. The van der Waals surface area contributed by atoms with E-state index in [-0.39, 0.29) is 17.4 Å². The minimum Gasteiger partial charge on any atom is -0.295 e. The van der Waals surface area contributed by atoms with E-state index in [0.717, 1.165) is 33.6 Å². The lowest BCUT2D eigenvalue weighted by atomic mass is 9.85. The van der Waals surface area contributed by atoms with Gasteiger partial charge in [0.15, 0.2) is 5.69 Å². The molecule has 0 radical (unpaired) electrons. The maximum absolute atomic E-state index is 13.5. The number of carbonyl (C=O) groups is 1. The number of aromatic nitrogens is 3. The quantitative estimate of drug-likeness (QED) is 0.486. The van der Waals surface area contributed by atoms with Crippen LogP contribution in [0.15, 0.2) is 79.1 Å². The van der Waals surface area contributed by atoms with E-state index in [2.05, 4.69) is 48.1 Å². The Morgan fingerprint density at radius 2 is 1.65 bits per heavy atom. The van der Waals surface area contributed by atoms with Gasteiger partial charge >= 0.3 is 0 Å². The van der Waals surface area contributed by atoms with Crippen LogP contribution < -0.4 is 4.90 Å². The first kappa shape index (κ1) is 19.2. The van der Waals surface area contributed by atoms with Crippen molar-refractivity contribution in [3.8, 4) is 11.1 Å². The Morgan fingerprint density at radius 3 is 2.29 bits per heavy atom. The Morgan fingerprint density at radius 1 is 0.903 bits per heavy atom. The van der Waals surface area contributed by atoms with Crippen molar-refractivity contribution < 1.29 is 4.79 Å². The predicted molar refractivity (Wildman–Crippen MR) is 122 cm³/mol. The number of fused-ring (bicyclic) bond motifs is 1. The lowest BCUT2D eigenvalue weighted by Crippen LogP contribution is -2.30. The number of amides is 1. The summed E-state index contributed by atoms with van der Waals surface area (Å²) in [7, 11) is 0. The van der Waals surface area contributed by atoms with Crippen LogP contribution in [0.2, 0.25) is 0 Å². The molecule has 0 saturated heterocycles. The first-order chi connectivity index (χ1) is 14.9. The van der Waals surface area contributed by atoms with Gasteiger partial charge in [-0.15, -0.1) is 0 Å². The Balaban J connectivity index is 1.62. The highest BCUT2D eigenvalue weighted by atomic mass is 16.2. The van der Waals surface area contributed by atoms with Gasteiger partial charge in [0, 0.05) is 34.8 Å². The number of nitrogens with one attached hydrogen (secondary N) is 1. The molecule has 0 fully saturated rings. The number of carbonyl (C=O) groups excluding carboxylic acids is 1. The summed E-state index contributed by atoms with van der Waals surface area (Å²) in [5.74, 6) is -0.0790. The molecule has 1 N–H and O–H groups in total. The third-order valence-corrected chi connectivity index (χ3v) is 5.76. The fourth-order valence-corrected chi connectivity index (χ4v) is 4.28. The number of rotatable bonds is 3. The molecule has 154 valence electrons. The van der Waals surface area contributed by atoms with Gasteiger partial charge in [-0.05, 0) is 34.9 Å². The number of aromatic amines is 1. The summed E-state index contributed by atoms with van der Waals surface area (Å²) < 4.78 is 0. The van der Waals surface area contributed by atoms with E-state index in [0.29, 0.717) is 5.69 Å². The molecule has 1 aliphatic heterocycles. The van der Waals surface area contributed by atoms with Crippen molar-refractivity contribution in [3.05, 3.63) is 102 Å². The van der Waals surface area contributed by atoms with Crippen molar-refractivity contribution in [1.82, 2.24) is 15.2 Å². The summed E-state index contributed by atoms with van der Waals surface area (Å²) in [5.41, 5.74) is 6.35. The number of pyridine rings is 1. The van der Waals surface area contributed by atoms with Gasteiger partial charge in [0.25, 0.3) is 5.91 Å². The molecule has 31 heavy (non-hydrogen) atoms. The van der Waals surface area contributed by atoms with Crippen LogP contribution >= 0.6 is 0 Å². The molecule has 1 aliphatic rings. The average Bonchev–Trinajstić information content (AvgIpc) is 3.34. The first-order valence-corrected chi connectivity index (χ1v) is 10.4. The zero-order chi connectivity index (χ0) is 21.6. The van der Waals surface area contributed by atoms with Gasteiger partial charge in [0.2, 0.25) is 0 Å². The molecule has 1 atom stereocenters. The van der Waals surface area contributed by atoms with Crippen LogP contribution in [0.5, 0.6) is 0 Å². The van der Waals surface area contributed by atoms with E-state index in [1.165, 1.54) is 0 Å². The SMILES string of the molecule is CC(C)(C)c1[nH]nc2c1C(c1ccccc1)N(c1ccc(-c3cccnc3)cc1)C2=O. The molecule has 1 amide bonds. The number of H-pyrrole nitrogens is 1. The highest BCUT2D eigenvalue weighted by Gasteiger charge is 2.44. The largest absolute Gasteiger partial charge is 0.295 e. The van der Waals surface area contributed by atoms with Crippen molar-refractivity contribution in [3.63, 3.8) is 0 Å². The molecular formula is C26H24N4O. The van der Waals surface area contributed by atoms with Gasteiger partial charge in [-0.2, -0.15) is 5.10 Å². The molecular weight excluding hydrogens is 384 g/mol. The second-order valence-electron chi connectivity index (χ2n) is 8.89. The number of anilines is 1. The van der Waals surface area contributed by atoms with Crippen LogP contribution in [-0.2, 0) is 5.41 Å². The van der Waals surface area contributed by atoms with E-state index in [4.69, 9.17) is 0 Å². The second-order valence-corrected chi connectivity index (χ2v) is 8.89. The molecule has 3 heterocycles. The topological polar surface area (TPSA) is 61.9 Å². The van der Waals surface area contributed by atoms with Gasteiger partial charge in [-0.1, -0.05) is 69.3 Å². The van der Waals surface area contributed by atoms with E-state index >= 15 is 0 Å². The zero-order valence-electron chi connectivity index (χ0n) is 17.8. The normalized spacial score (nSPS) is 15.9. The van der Waals surface area contributed by atoms with Crippen LogP contribution in [0, 0.1) is 0 Å². The lowest BCUT2D eigenvalue weighted by Gasteiger charge is -2.28. The average molecular weight is 409 g/mol. The molecule has 0 spiro atoms. The molecule has 2 aromatic carbocycles. The maximum atomic E-state index is 13.5. The van der Waals surface area contributed by atoms with Crippen molar-refractivity contribution in [2.24, 2.45) is 0 Å². The van der Waals surface area contributed by atoms with Crippen LogP contribution in [-0.4, -0.2) is 21.1 Å². The molecule has 5 nitrogen and oxygen atoms in total. The maximum Gasteiger partial charge on any atom is 0.280 e. The minimum absolute atomic E-state index is 0.0790. The summed E-state index contributed by atoms with van der Waals surface area (Å²) in [6.07, 6.45) is 3.60. The van der Waals surface area contributed by atoms with Crippen molar-refractivity contribution in [1.29, 1.82) is 0 Å². The minimum atomic E-state index is -0.221. The summed E-state index contributed by atoms with van der Waals surface area (Å²) in [4.78, 5) is 19.6. The summed E-state index contributed by atoms with van der Waals surface area (Å²) in [6.45, 7) is 6.41. The number of hydrogen-bond donors (Lipinski definition) is 1. The Labute approximate surface area is 181 Å². The Kier molecular flexibility index (Phi) is 4.47. The highest BCUT2D eigenvalue weighted by molar-refractivity contribution is 6.10. The van der Waals surface area contributed by atoms with E-state index in [1.54, 1.807) is 6.20 Å². The molecule has 0 saturated carbocycles. The van der Waals surface area contributed by atoms with Crippen LogP contribution in [0.4, 0.5) is 5.69 Å². The fourth-order valence-electron chi connectivity index (χ4n) is 4.28. The number of nitrogens with zero attached hydrogens (tertiary/aromatic N) is 3. The van der Waals surface area contributed by atoms with Crippen LogP contribution in [0.25, 0.3) is 11.1 Å². The molecule has 0 aliphatic carbocycles. The second kappa shape index (κ2) is 7.20. The Hall–Kier alpha value is -3.73. The van der Waals surface area contributed by atoms with Gasteiger partial charge < -0.3 is 0 Å². The molecule has 2 aromatic heterocycles. The van der Waals surface area contributed by atoms with Gasteiger partial charge in [0.1, 0.15) is 0 Å². The standard InChI is InChI=1S/C26H24N4O/c1-26(2,3)24-21-22(28-29-24)25(31)30(23(21)18-8-5-4-6-9-18)20-13-11-17(12-14-20)19-10-7-15-27-16-19/h4-16,23H,1-3H3,(H,28,29). The van der Waals surface area contributed by atoms with E-state index in [1.807, 2.05) is 65.7 Å². The smallest absolute Gasteiger partial charge is 0.280 e. The van der Waals surface area contributed by atoms with Crippen LogP contribution in [0.1, 0.15) is 54.1 Å². The van der Waals surface area contributed by atoms with Crippen molar-refractivity contribution in [2.45, 2.75) is 32.2 Å². The highest BCUT2D eigenvalue weighted by Crippen LogP contribution is 2.45. The summed E-state index contributed by atoms with van der Waals surface area (Å²) in [5, 5.41) is 7.58. The van der Waals surface area contributed by atoms with Crippen LogP contribution in [0.3, 0.4) is 0 Å². The number of hydrogen-bond acceptors (Lipinski definition) is 3. The zero-order valence-corrected chi connectivity index (χ0v) is 17.8. The van der Waals surface area contributed by atoms with E-state index in [9.17, 15) is 4.79 Å². The Bertz CT molecular complexity index is 1220. The van der Waals surface area contributed by atoms with Crippen molar-refractivity contribution in [2.75, 3.05) is 4.90 Å². The molecule has 4 aromatic rings. The van der Waals surface area contributed by atoms with E-state index < -0.39 is 0 Å². The number of benzene rings is 2. The molecule has 0 bridgehead atoms. The summed E-state index contributed by atoms with van der Waals surface area (Å²) in [6, 6.07) is 22.0. The third-order valence-electron chi connectivity index (χ3n) is 5.76. The van der Waals surface area contributed by atoms with Gasteiger partial charge in [-0.25, -0.2) is 0 Å². The summed E-state index contributed by atoms with van der Waals surface area (Å²) >= 11 is 0. The van der Waals surface area contributed by atoms with Crippen molar-refractivity contribution >= 4 is 11.6 Å². The monoisotopic (exact) mass is 408 g/mol. The predicted octanol–water partition coefficient (Wildman–Crippen LogP) is 5.52. The lowest BCUT2D eigenvalue weighted by molar-refractivity contribution is 0.0988.